The van der Waals surface area contributed by atoms with Gasteiger partial charge in [0.2, 0.25) is 0 Å². The molecule has 4 heterocycles. The average Bonchev–Trinajstić information content (AvgIpc) is 3.22. The van der Waals surface area contributed by atoms with Crippen molar-refractivity contribution in [2.45, 2.75) is 32.1 Å². The number of aromatic nitrogens is 4. The standard InChI is InChI=1S/C26H28FN5O/c1-18-28-11-7-23(29-18)26-25(20-3-5-22(27)6-4-20)30-24-17-21(10-15-32(24)26)19-8-13-31(14-9-19)12-2-16-33/h3-7,10-11,15,17,19,33H,2,8-9,12-14,16H2,1H3. The minimum atomic E-state index is -0.269. The summed E-state index contributed by atoms with van der Waals surface area (Å²) in [5.74, 6) is 0.919. The number of fused-ring (bicyclic) bond motifs is 1. The minimum Gasteiger partial charge on any atom is -0.396 e. The molecule has 3 aromatic heterocycles. The van der Waals surface area contributed by atoms with Crippen LogP contribution in [0.1, 0.15) is 36.6 Å². The lowest BCUT2D eigenvalue weighted by atomic mass is 9.90. The lowest BCUT2D eigenvalue weighted by Crippen LogP contribution is -2.34. The molecule has 1 saturated heterocycles. The van der Waals surface area contributed by atoms with Crippen molar-refractivity contribution >= 4 is 5.65 Å². The molecule has 7 heteroatoms. The molecule has 0 amide bonds. The molecule has 0 atom stereocenters. The van der Waals surface area contributed by atoms with E-state index in [9.17, 15) is 4.39 Å². The van der Waals surface area contributed by atoms with E-state index in [2.05, 4.69) is 37.6 Å². The van der Waals surface area contributed by atoms with E-state index in [1.54, 1.807) is 18.3 Å². The third kappa shape index (κ3) is 4.51. The second kappa shape index (κ2) is 9.37. The number of hydrogen-bond acceptors (Lipinski definition) is 5. The predicted octanol–water partition coefficient (Wildman–Crippen LogP) is 4.47. The number of aliphatic hydroxyl groups is 1. The Kier molecular flexibility index (Phi) is 6.15. The highest BCUT2D eigenvalue weighted by atomic mass is 19.1. The Bertz CT molecular complexity index is 1250. The van der Waals surface area contributed by atoms with Gasteiger partial charge in [-0.2, -0.15) is 0 Å². The molecular weight excluding hydrogens is 417 g/mol. The second-order valence-corrected chi connectivity index (χ2v) is 8.69. The van der Waals surface area contributed by atoms with Crippen LogP contribution in [0.25, 0.3) is 28.3 Å². The van der Waals surface area contributed by atoms with Gasteiger partial charge >= 0.3 is 0 Å². The third-order valence-electron chi connectivity index (χ3n) is 6.48. The maximum atomic E-state index is 13.6. The van der Waals surface area contributed by atoms with Gasteiger partial charge in [-0.05, 0) is 93.2 Å². The Morgan fingerprint density at radius 1 is 1.06 bits per heavy atom. The Morgan fingerprint density at radius 2 is 1.85 bits per heavy atom. The summed E-state index contributed by atoms with van der Waals surface area (Å²) in [6, 6.07) is 12.7. The minimum absolute atomic E-state index is 0.251. The van der Waals surface area contributed by atoms with Crippen LogP contribution in [-0.4, -0.2) is 55.6 Å². The van der Waals surface area contributed by atoms with Crippen LogP contribution in [0.15, 0.2) is 54.9 Å². The predicted molar refractivity (Wildman–Crippen MR) is 126 cm³/mol. The third-order valence-corrected chi connectivity index (χ3v) is 6.48. The first-order valence-corrected chi connectivity index (χ1v) is 11.5. The van der Waals surface area contributed by atoms with Crippen LogP contribution >= 0.6 is 0 Å². The number of halogens is 1. The molecule has 6 nitrogen and oxygen atoms in total. The summed E-state index contributed by atoms with van der Waals surface area (Å²) >= 11 is 0. The van der Waals surface area contributed by atoms with Crippen LogP contribution in [0.2, 0.25) is 0 Å². The number of likely N-dealkylation sites (tertiary alicyclic amines) is 1. The lowest BCUT2D eigenvalue weighted by molar-refractivity contribution is 0.187. The van der Waals surface area contributed by atoms with Gasteiger partial charge in [0.25, 0.3) is 0 Å². The van der Waals surface area contributed by atoms with Gasteiger partial charge in [-0.3, -0.25) is 4.40 Å². The summed E-state index contributed by atoms with van der Waals surface area (Å²) in [5.41, 5.74) is 5.46. The number of nitrogens with zero attached hydrogens (tertiary/aromatic N) is 5. The fourth-order valence-electron chi connectivity index (χ4n) is 4.74. The zero-order valence-corrected chi connectivity index (χ0v) is 18.8. The Labute approximate surface area is 192 Å². The largest absolute Gasteiger partial charge is 0.396 e. The van der Waals surface area contributed by atoms with E-state index in [0.29, 0.717) is 11.7 Å². The first-order valence-electron chi connectivity index (χ1n) is 11.5. The molecular formula is C26H28FN5O. The van der Waals surface area contributed by atoms with Gasteiger partial charge in [0.1, 0.15) is 17.3 Å². The molecule has 4 aromatic rings. The first-order chi connectivity index (χ1) is 16.1. The molecule has 1 aromatic carbocycles. The summed E-state index contributed by atoms with van der Waals surface area (Å²) in [5, 5.41) is 9.08. The molecule has 0 radical (unpaired) electrons. The van der Waals surface area contributed by atoms with Crippen LogP contribution < -0.4 is 0 Å². The molecule has 0 spiro atoms. The van der Waals surface area contributed by atoms with Crippen LogP contribution in [-0.2, 0) is 0 Å². The van der Waals surface area contributed by atoms with Crippen molar-refractivity contribution in [1.29, 1.82) is 0 Å². The van der Waals surface area contributed by atoms with Crippen molar-refractivity contribution < 1.29 is 9.50 Å². The number of pyridine rings is 1. The molecule has 33 heavy (non-hydrogen) atoms. The van der Waals surface area contributed by atoms with Crippen LogP contribution in [0, 0.1) is 12.7 Å². The molecule has 0 bridgehead atoms. The molecule has 0 saturated carbocycles. The first kappa shape index (κ1) is 21.7. The molecule has 1 aliphatic rings. The quantitative estimate of drug-likeness (QED) is 0.474. The number of imidazole rings is 1. The number of piperidine rings is 1. The van der Waals surface area contributed by atoms with Crippen molar-refractivity contribution in [2.24, 2.45) is 0 Å². The van der Waals surface area contributed by atoms with Gasteiger partial charge in [0.05, 0.1) is 17.1 Å². The molecule has 1 aliphatic heterocycles. The highest BCUT2D eigenvalue weighted by molar-refractivity contribution is 5.80. The van der Waals surface area contributed by atoms with Crippen molar-refractivity contribution in [3.05, 3.63) is 72.1 Å². The summed E-state index contributed by atoms with van der Waals surface area (Å²) in [4.78, 5) is 16.3. The Morgan fingerprint density at radius 3 is 2.58 bits per heavy atom. The van der Waals surface area contributed by atoms with Crippen LogP contribution in [0.5, 0.6) is 0 Å². The highest BCUT2D eigenvalue weighted by Gasteiger charge is 2.23. The highest BCUT2D eigenvalue weighted by Crippen LogP contribution is 2.34. The van der Waals surface area contributed by atoms with Crippen molar-refractivity contribution in [2.75, 3.05) is 26.2 Å². The average molecular weight is 446 g/mol. The van der Waals surface area contributed by atoms with E-state index in [1.807, 2.05) is 13.0 Å². The number of aliphatic hydroxyl groups excluding tert-OH is 1. The Hall–Kier alpha value is -3.16. The molecule has 1 fully saturated rings. The monoisotopic (exact) mass is 445 g/mol. The maximum Gasteiger partial charge on any atom is 0.138 e. The fraction of sp³-hybridized carbons (Fsp3) is 0.346. The van der Waals surface area contributed by atoms with Crippen LogP contribution in [0.4, 0.5) is 4.39 Å². The van der Waals surface area contributed by atoms with Crippen LogP contribution in [0.3, 0.4) is 0 Å². The number of hydrogen-bond donors (Lipinski definition) is 1. The van der Waals surface area contributed by atoms with Gasteiger partial charge in [0, 0.05) is 31.1 Å². The molecule has 0 unspecified atom stereocenters. The zero-order chi connectivity index (χ0) is 22.8. The number of rotatable bonds is 6. The normalized spacial score (nSPS) is 15.4. The molecule has 1 N–H and O–H groups in total. The van der Waals surface area contributed by atoms with E-state index in [4.69, 9.17) is 10.1 Å². The van der Waals surface area contributed by atoms with Crippen molar-refractivity contribution in [3.63, 3.8) is 0 Å². The second-order valence-electron chi connectivity index (χ2n) is 8.69. The molecule has 5 rings (SSSR count). The summed E-state index contributed by atoms with van der Waals surface area (Å²) < 4.78 is 15.6. The lowest BCUT2D eigenvalue weighted by Gasteiger charge is -2.32. The van der Waals surface area contributed by atoms with E-state index in [1.165, 1.54) is 17.7 Å². The van der Waals surface area contributed by atoms with Gasteiger partial charge in [-0.1, -0.05) is 0 Å². The summed E-state index contributed by atoms with van der Waals surface area (Å²) in [6.07, 6.45) is 6.87. The van der Waals surface area contributed by atoms with E-state index in [0.717, 1.165) is 67.2 Å². The van der Waals surface area contributed by atoms with E-state index < -0.39 is 0 Å². The van der Waals surface area contributed by atoms with E-state index in [-0.39, 0.29) is 12.4 Å². The molecule has 170 valence electrons. The Balaban J connectivity index is 1.53. The zero-order valence-electron chi connectivity index (χ0n) is 18.8. The molecule has 0 aliphatic carbocycles. The van der Waals surface area contributed by atoms with Crippen molar-refractivity contribution in [3.8, 4) is 22.6 Å². The van der Waals surface area contributed by atoms with Gasteiger partial charge in [0.15, 0.2) is 0 Å². The maximum absolute atomic E-state index is 13.6. The van der Waals surface area contributed by atoms with Gasteiger partial charge < -0.3 is 10.0 Å². The topological polar surface area (TPSA) is 66.5 Å². The number of benzene rings is 1. The smallest absolute Gasteiger partial charge is 0.138 e. The van der Waals surface area contributed by atoms with Gasteiger partial charge in [-0.15, -0.1) is 0 Å². The summed E-state index contributed by atoms with van der Waals surface area (Å²) in [7, 11) is 0. The van der Waals surface area contributed by atoms with E-state index >= 15 is 0 Å². The number of aryl methyl sites for hydroxylation is 1. The fourth-order valence-corrected chi connectivity index (χ4v) is 4.74. The van der Waals surface area contributed by atoms with Gasteiger partial charge in [-0.25, -0.2) is 19.3 Å². The summed E-state index contributed by atoms with van der Waals surface area (Å²) in [6.45, 7) is 5.19. The van der Waals surface area contributed by atoms with Crippen molar-refractivity contribution in [1.82, 2.24) is 24.3 Å². The SMILES string of the molecule is Cc1nccc(-c2c(-c3ccc(F)cc3)nc3cc(C4CCN(CCCO)CC4)ccn23)n1.